The van der Waals surface area contributed by atoms with Gasteiger partial charge in [0.05, 0.1) is 27.4 Å². The number of halogens is 2. The number of fused-ring (bicyclic) bond motifs is 1. The lowest BCUT2D eigenvalue weighted by atomic mass is 10.1. The Labute approximate surface area is 226 Å². The highest BCUT2D eigenvalue weighted by Crippen LogP contribution is 2.31. The Hall–Kier alpha value is -1.83. The molecule has 3 heterocycles. The minimum atomic E-state index is -3.76. The van der Waals surface area contributed by atoms with Crippen molar-refractivity contribution >= 4 is 45.1 Å². The molecule has 2 atom stereocenters. The van der Waals surface area contributed by atoms with Crippen LogP contribution in [-0.4, -0.2) is 58.0 Å². The van der Waals surface area contributed by atoms with E-state index in [9.17, 15) is 12.8 Å². The highest BCUT2D eigenvalue weighted by Gasteiger charge is 2.33. The summed E-state index contributed by atoms with van der Waals surface area (Å²) in [6.45, 7) is 10.1. The van der Waals surface area contributed by atoms with Gasteiger partial charge < -0.3 is 18.8 Å². The molecule has 4 rings (SSSR count). The molecule has 0 aliphatic carbocycles. The van der Waals surface area contributed by atoms with Gasteiger partial charge in [0.25, 0.3) is 0 Å². The Balaban J connectivity index is 1.52. The summed E-state index contributed by atoms with van der Waals surface area (Å²) >= 11 is 3.43. The second-order valence-corrected chi connectivity index (χ2v) is 18.7. The van der Waals surface area contributed by atoms with Crippen LogP contribution in [0.3, 0.4) is 0 Å². The van der Waals surface area contributed by atoms with Gasteiger partial charge in [0.15, 0.2) is 0 Å². The van der Waals surface area contributed by atoms with Gasteiger partial charge in [-0.2, -0.15) is 4.98 Å². The molecule has 12 heteroatoms. The van der Waals surface area contributed by atoms with E-state index in [1.54, 1.807) is 34.9 Å². The van der Waals surface area contributed by atoms with Crippen LogP contribution in [-0.2, 0) is 26.2 Å². The molecule has 0 radical (unpaired) electrons. The zero-order chi connectivity index (χ0) is 26.8. The van der Waals surface area contributed by atoms with Gasteiger partial charge in [-0.25, -0.2) is 17.5 Å². The number of aryl methyl sites for hydroxylation is 1. The number of benzene rings is 1. The highest BCUT2D eigenvalue weighted by atomic mass is 79.9. The fourth-order valence-corrected chi connectivity index (χ4v) is 6.40. The molecule has 1 fully saturated rings. The number of ether oxygens (including phenoxy) is 3. The summed E-state index contributed by atoms with van der Waals surface area (Å²) in [5.74, 6) is -0.183. The van der Waals surface area contributed by atoms with Crippen LogP contribution < -0.4 is 9.46 Å². The monoisotopic (exact) mass is 613 g/mol. The van der Waals surface area contributed by atoms with Gasteiger partial charge in [0, 0.05) is 27.5 Å². The highest BCUT2D eigenvalue weighted by molar-refractivity contribution is 9.10. The Morgan fingerprint density at radius 2 is 2.00 bits per heavy atom. The summed E-state index contributed by atoms with van der Waals surface area (Å²) in [7, 11) is -5.00. The van der Waals surface area contributed by atoms with Gasteiger partial charge in [-0.15, -0.1) is 0 Å². The number of hydrogen-bond donors (Lipinski definition) is 1. The van der Waals surface area contributed by atoms with E-state index in [0.29, 0.717) is 35.1 Å². The van der Waals surface area contributed by atoms with Crippen LogP contribution in [0.5, 0.6) is 5.88 Å². The maximum absolute atomic E-state index is 14.6. The maximum atomic E-state index is 14.6. The third kappa shape index (κ3) is 7.18. The Morgan fingerprint density at radius 3 is 2.70 bits per heavy atom. The lowest BCUT2D eigenvalue weighted by Gasteiger charge is -2.32. The van der Waals surface area contributed by atoms with Crippen LogP contribution >= 0.6 is 15.9 Å². The molecule has 2 aromatic heterocycles. The number of nitrogens with zero attached hydrogens (tertiary/aromatic N) is 2. The van der Waals surface area contributed by atoms with E-state index < -0.39 is 36.1 Å². The summed E-state index contributed by atoms with van der Waals surface area (Å²) in [5.41, 5.74) is 1.36. The van der Waals surface area contributed by atoms with Crippen molar-refractivity contribution in [1.29, 1.82) is 0 Å². The number of aromatic nitrogens is 2. The lowest BCUT2D eigenvalue weighted by molar-refractivity contribution is -0.0114. The molecule has 0 saturated carbocycles. The van der Waals surface area contributed by atoms with E-state index in [1.807, 2.05) is 6.92 Å². The molecule has 202 valence electrons. The topological polar surface area (TPSA) is 91.7 Å². The third-order valence-electron chi connectivity index (χ3n) is 6.15. The first-order chi connectivity index (χ1) is 17.4. The first kappa shape index (κ1) is 28.2. The van der Waals surface area contributed by atoms with Crippen molar-refractivity contribution in [2.75, 3.05) is 19.8 Å². The fraction of sp³-hybridized carbons (Fsp3) is 0.480. The third-order valence-corrected chi connectivity index (χ3v) is 9.93. The van der Waals surface area contributed by atoms with E-state index in [0.717, 1.165) is 11.6 Å². The van der Waals surface area contributed by atoms with E-state index in [-0.39, 0.29) is 24.1 Å². The summed E-state index contributed by atoms with van der Waals surface area (Å²) in [5, 5.41) is 0.338. The summed E-state index contributed by atoms with van der Waals surface area (Å²) in [6.07, 6.45) is 1.17. The van der Waals surface area contributed by atoms with Crippen molar-refractivity contribution in [3.8, 4) is 5.88 Å². The number of rotatable bonds is 10. The minimum absolute atomic E-state index is 0.171. The molecular formula is C25H33BrFN3O5SSi. The lowest BCUT2D eigenvalue weighted by Crippen LogP contribution is -2.51. The van der Waals surface area contributed by atoms with Crippen molar-refractivity contribution in [2.45, 2.75) is 62.8 Å². The molecule has 0 spiro atoms. The number of hydrogen-bond acceptors (Lipinski definition) is 6. The van der Waals surface area contributed by atoms with Crippen molar-refractivity contribution in [1.82, 2.24) is 14.3 Å². The van der Waals surface area contributed by atoms with Crippen molar-refractivity contribution < 1.29 is 27.0 Å². The van der Waals surface area contributed by atoms with Gasteiger partial charge in [-0.1, -0.05) is 37.3 Å². The number of pyridine rings is 1. The van der Waals surface area contributed by atoms with Crippen LogP contribution in [0, 0.1) is 12.7 Å². The van der Waals surface area contributed by atoms with Crippen LogP contribution in [0.15, 0.2) is 45.9 Å². The molecule has 0 bridgehead atoms. The average Bonchev–Trinajstić information content (AvgIpc) is 3.12. The van der Waals surface area contributed by atoms with E-state index >= 15 is 0 Å². The van der Waals surface area contributed by atoms with Crippen molar-refractivity contribution in [2.24, 2.45) is 0 Å². The zero-order valence-corrected chi connectivity index (χ0v) is 24.9. The molecule has 1 aliphatic heterocycles. The Kier molecular flexibility index (Phi) is 8.76. The minimum Gasteiger partial charge on any atom is -0.469 e. The molecule has 3 aromatic rings. The van der Waals surface area contributed by atoms with Crippen LogP contribution in [0.2, 0.25) is 25.7 Å². The number of nitrogens with one attached hydrogen (secondary N) is 1. The summed E-state index contributed by atoms with van der Waals surface area (Å²) in [4.78, 5) is 4.75. The average molecular weight is 615 g/mol. The second kappa shape index (κ2) is 11.5. The van der Waals surface area contributed by atoms with E-state index in [1.165, 1.54) is 6.20 Å². The van der Waals surface area contributed by atoms with E-state index in [2.05, 4.69) is 45.3 Å². The first-order valence-electron chi connectivity index (χ1n) is 12.2. The van der Waals surface area contributed by atoms with Crippen molar-refractivity contribution in [3.05, 3.63) is 52.4 Å². The smallest absolute Gasteiger partial charge is 0.240 e. The summed E-state index contributed by atoms with van der Waals surface area (Å²) < 4.78 is 63.0. The molecule has 0 unspecified atom stereocenters. The Bertz CT molecular complexity index is 1350. The van der Waals surface area contributed by atoms with Gasteiger partial charge in [0.2, 0.25) is 15.9 Å². The van der Waals surface area contributed by atoms with Gasteiger partial charge in [0.1, 0.15) is 24.3 Å². The molecule has 8 nitrogen and oxygen atoms in total. The summed E-state index contributed by atoms with van der Waals surface area (Å²) in [6, 6.07) is 8.75. The molecule has 1 N–H and O–H groups in total. The largest absolute Gasteiger partial charge is 0.469 e. The molecule has 0 amide bonds. The SMILES string of the molecule is Cc1ccc(S(=O)(=O)N[C@H]2CCOC[C@@H]2Oc2nc3c(cc2Br)c(F)cn3COCC[Si](C)(C)C)cc1. The Morgan fingerprint density at radius 1 is 1.27 bits per heavy atom. The number of sulfonamides is 1. The molecule has 1 saturated heterocycles. The maximum Gasteiger partial charge on any atom is 0.240 e. The van der Waals surface area contributed by atoms with Gasteiger partial charge in [-0.3, -0.25) is 0 Å². The fourth-order valence-electron chi connectivity index (χ4n) is 3.94. The predicted molar refractivity (Wildman–Crippen MR) is 147 cm³/mol. The van der Waals surface area contributed by atoms with Gasteiger partial charge >= 0.3 is 0 Å². The molecular weight excluding hydrogens is 581 g/mol. The van der Waals surface area contributed by atoms with Crippen LogP contribution in [0.1, 0.15) is 12.0 Å². The molecule has 1 aliphatic rings. The second-order valence-electron chi connectivity index (χ2n) is 10.5. The standard InChI is InChI=1S/C25H33BrFN3O5SSi/c1-17-5-7-18(8-6-17)36(31,32)29-22-9-10-33-15-23(22)35-25-20(26)13-19-21(27)14-30(24(19)28-25)16-34-11-12-37(2,3)4/h5-8,13-14,22-23,29H,9-12,15-16H2,1-4H3/t22-,23-/m0/s1. The predicted octanol–water partition coefficient (Wildman–Crippen LogP) is 5.07. The first-order valence-corrected chi connectivity index (χ1v) is 18.2. The van der Waals surface area contributed by atoms with Gasteiger partial charge in [-0.05, 0) is 53.5 Å². The van der Waals surface area contributed by atoms with Crippen molar-refractivity contribution in [3.63, 3.8) is 0 Å². The quantitative estimate of drug-likeness (QED) is 0.253. The van der Waals surface area contributed by atoms with Crippen LogP contribution in [0.4, 0.5) is 4.39 Å². The van der Waals surface area contributed by atoms with Crippen LogP contribution in [0.25, 0.3) is 11.0 Å². The zero-order valence-electron chi connectivity index (χ0n) is 21.5. The normalized spacial score (nSPS) is 18.9. The van der Waals surface area contributed by atoms with E-state index in [4.69, 9.17) is 14.2 Å². The molecule has 37 heavy (non-hydrogen) atoms. The molecule has 1 aromatic carbocycles.